The maximum absolute atomic E-state index is 4.92. The summed E-state index contributed by atoms with van der Waals surface area (Å²) in [5.41, 5.74) is 3.67. The average Bonchev–Trinajstić information content (AvgIpc) is 2.52. The smallest absolute Gasteiger partial charge is 0.0545 e. The summed E-state index contributed by atoms with van der Waals surface area (Å²) in [6.45, 7) is 15.9. The van der Waals surface area contributed by atoms with E-state index in [1.807, 2.05) is 0 Å². The molecule has 0 bridgehead atoms. The highest BCUT2D eigenvalue weighted by atomic mass is 31.1. The number of rotatable bonds is 6. The van der Waals surface area contributed by atoms with Crippen LogP contribution in [0.4, 0.5) is 0 Å². The van der Waals surface area contributed by atoms with Crippen LogP contribution in [0.25, 0.3) is 0 Å². The summed E-state index contributed by atoms with van der Waals surface area (Å²) in [5, 5.41) is 4.16. The van der Waals surface area contributed by atoms with Gasteiger partial charge in [-0.3, -0.25) is 4.98 Å². The van der Waals surface area contributed by atoms with Gasteiger partial charge in [-0.25, -0.2) is 0 Å². The molecule has 25 heavy (non-hydrogen) atoms. The molecule has 0 spiro atoms. The number of pyridine rings is 1. The van der Waals surface area contributed by atoms with E-state index >= 15 is 0 Å². The maximum Gasteiger partial charge on any atom is 0.0545 e. The molecule has 0 unspecified atom stereocenters. The van der Waals surface area contributed by atoms with E-state index < -0.39 is 0 Å². The van der Waals surface area contributed by atoms with Crippen LogP contribution in [0.5, 0.6) is 0 Å². The van der Waals surface area contributed by atoms with Gasteiger partial charge in [0.1, 0.15) is 0 Å². The minimum atomic E-state index is -0.163. The first kappa shape index (κ1) is 20.1. The highest BCUT2D eigenvalue weighted by Gasteiger charge is 2.34. The third-order valence-electron chi connectivity index (χ3n) is 4.28. The van der Waals surface area contributed by atoms with Crippen molar-refractivity contribution in [1.29, 1.82) is 0 Å². The Kier molecular flexibility index (Phi) is 6.77. The van der Waals surface area contributed by atoms with Gasteiger partial charge in [-0.15, -0.1) is 0 Å². The lowest BCUT2D eigenvalue weighted by Crippen LogP contribution is -2.26. The van der Waals surface area contributed by atoms with Crippen molar-refractivity contribution in [1.82, 2.24) is 10.3 Å². The minimum Gasteiger partial charge on any atom is -0.307 e. The molecule has 1 heterocycles. The third kappa shape index (κ3) is 6.53. The molecule has 136 valence electrons. The van der Waals surface area contributed by atoms with Crippen molar-refractivity contribution < 1.29 is 0 Å². The Morgan fingerprint density at radius 1 is 0.760 bits per heavy atom. The predicted octanol–water partition coefficient (Wildman–Crippen LogP) is 5.95. The second-order valence-corrected chi connectivity index (χ2v) is 12.5. The molecule has 3 heteroatoms. The summed E-state index contributed by atoms with van der Waals surface area (Å²) in [6.07, 6.45) is 1.09. The number of nitrogens with one attached hydrogen (secondary N) is 1. The van der Waals surface area contributed by atoms with Crippen molar-refractivity contribution in [3.8, 4) is 0 Å². The summed E-state index contributed by atoms with van der Waals surface area (Å²) in [6, 6.07) is 17.0. The Morgan fingerprint density at radius 2 is 1.36 bits per heavy atom. The summed E-state index contributed by atoms with van der Waals surface area (Å²) >= 11 is 0. The van der Waals surface area contributed by atoms with E-state index in [1.165, 1.54) is 11.3 Å². The van der Waals surface area contributed by atoms with Gasteiger partial charge < -0.3 is 5.32 Å². The molecule has 1 N–H and O–H groups in total. The van der Waals surface area contributed by atoms with Crippen molar-refractivity contribution in [2.24, 2.45) is 0 Å². The fraction of sp³-hybridized carbons (Fsp3) is 0.500. The normalized spacial score (nSPS) is 12.6. The molecule has 0 atom stereocenters. The van der Waals surface area contributed by atoms with Gasteiger partial charge in [-0.1, -0.05) is 85.9 Å². The second kappa shape index (κ2) is 8.43. The third-order valence-corrected chi connectivity index (χ3v) is 8.16. The maximum atomic E-state index is 4.92. The molecule has 0 radical (unpaired) electrons. The first-order valence-corrected chi connectivity index (χ1v) is 10.7. The molecule has 0 fully saturated rings. The summed E-state index contributed by atoms with van der Waals surface area (Å²) in [4.78, 5) is 4.92. The number of aromatic nitrogens is 1. The minimum absolute atomic E-state index is 0.163. The fourth-order valence-electron chi connectivity index (χ4n) is 3.29. The molecule has 0 amide bonds. The molecule has 1 aromatic carbocycles. The van der Waals surface area contributed by atoms with Crippen LogP contribution >= 0.6 is 7.92 Å². The molecule has 0 aliphatic rings. The summed E-state index contributed by atoms with van der Waals surface area (Å²) in [7, 11) is -0.163. The van der Waals surface area contributed by atoms with E-state index in [9.17, 15) is 0 Å². The summed E-state index contributed by atoms with van der Waals surface area (Å²) < 4.78 is 0. The van der Waals surface area contributed by atoms with Gasteiger partial charge in [0.2, 0.25) is 0 Å². The van der Waals surface area contributed by atoms with Gasteiger partial charge in [0.05, 0.1) is 5.69 Å². The Balaban J connectivity index is 2.00. The first-order valence-electron chi connectivity index (χ1n) is 9.13. The van der Waals surface area contributed by atoms with Gasteiger partial charge in [-0.2, -0.15) is 0 Å². The lowest BCUT2D eigenvalue weighted by molar-refractivity contribution is 0.676. The number of hydrogen-bond acceptors (Lipinski definition) is 2. The zero-order valence-corrected chi connectivity index (χ0v) is 17.5. The van der Waals surface area contributed by atoms with E-state index in [1.54, 1.807) is 0 Å². The Labute approximate surface area is 155 Å². The van der Waals surface area contributed by atoms with Crippen molar-refractivity contribution >= 4 is 7.92 Å². The largest absolute Gasteiger partial charge is 0.307 e. The Bertz CT molecular complexity index is 640. The predicted molar refractivity (Wildman–Crippen MR) is 111 cm³/mol. The highest BCUT2D eigenvalue weighted by Crippen LogP contribution is 2.60. The van der Waals surface area contributed by atoms with Crippen LogP contribution in [0.2, 0.25) is 0 Å². The van der Waals surface area contributed by atoms with Gasteiger partial charge in [0, 0.05) is 24.9 Å². The van der Waals surface area contributed by atoms with Gasteiger partial charge >= 0.3 is 0 Å². The van der Waals surface area contributed by atoms with Crippen LogP contribution in [-0.2, 0) is 19.3 Å². The average molecular weight is 356 g/mol. The van der Waals surface area contributed by atoms with Gasteiger partial charge in [0.25, 0.3) is 0 Å². The molecule has 0 aliphatic heterocycles. The van der Waals surface area contributed by atoms with Crippen molar-refractivity contribution in [3.63, 3.8) is 0 Å². The van der Waals surface area contributed by atoms with Crippen molar-refractivity contribution in [3.05, 3.63) is 65.5 Å². The fourth-order valence-corrected chi connectivity index (χ4v) is 6.75. The van der Waals surface area contributed by atoms with Crippen molar-refractivity contribution in [2.75, 3.05) is 0 Å². The standard InChI is InChI=1S/C22H33N2P/c1-21(2,3)25(22(4,5)6)17-20-14-10-13-19(24-20)16-23-15-18-11-8-7-9-12-18/h7-14,23H,15-17H2,1-6H3. The van der Waals surface area contributed by atoms with Crippen LogP contribution in [-0.4, -0.2) is 15.3 Å². The molecular formula is C22H33N2P. The van der Waals surface area contributed by atoms with Gasteiger partial charge in [0.15, 0.2) is 0 Å². The molecular weight excluding hydrogens is 323 g/mol. The van der Waals surface area contributed by atoms with Crippen LogP contribution in [0.1, 0.15) is 58.5 Å². The topological polar surface area (TPSA) is 24.9 Å². The molecule has 2 nitrogen and oxygen atoms in total. The van der Waals surface area contributed by atoms with Crippen LogP contribution < -0.4 is 5.32 Å². The molecule has 0 aliphatic carbocycles. The summed E-state index contributed by atoms with van der Waals surface area (Å²) in [5.74, 6) is 0. The first-order chi connectivity index (χ1) is 11.7. The molecule has 0 saturated carbocycles. The lowest BCUT2D eigenvalue weighted by atomic mass is 10.2. The van der Waals surface area contributed by atoms with Crippen molar-refractivity contribution in [2.45, 2.75) is 71.1 Å². The molecule has 0 saturated heterocycles. The van der Waals surface area contributed by atoms with Crippen LogP contribution in [0, 0.1) is 0 Å². The number of hydrogen-bond donors (Lipinski definition) is 1. The zero-order valence-electron chi connectivity index (χ0n) is 16.6. The highest BCUT2D eigenvalue weighted by molar-refractivity contribution is 7.60. The monoisotopic (exact) mass is 356 g/mol. The lowest BCUT2D eigenvalue weighted by Gasteiger charge is -2.41. The van der Waals surface area contributed by atoms with E-state index in [4.69, 9.17) is 4.98 Å². The van der Waals surface area contributed by atoms with E-state index in [2.05, 4.69) is 95.4 Å². The Morgan fingerprint density at radius 3 is 1.96 bits per heavy atom. The van der Waals surface area contributed by atoms with Gasteiger partial charge in [-0.05, 0) is 28.0 Å². The molecule has 1 aromatic heterocycles. The molecule has 2 aromatic rings. The SMILES string of the molecule is CC(C)(C)P(Cc1cccc(CNCc2ccccc2)n1)C(C)(C)C. The quantitative estimate of drug-likeness (QED) is 0.647. The zero-order chi connectivity index (χ0) is 18.5. The number of benzene rings is 1. The number of nitrogens with zero attached hydrogens (tertiary/aromatic N) is 1. The van der Waals surface area contributed by atoms with E-state index in [0.717, 1.165) is 24.9 Å². The van der Waals surface area contributed by atoms with Crippen LogP contribution in [0.3, 0.4) is 0 Å². The van der Waals surface area contributed by atoms with E-state index in [-0.39, 0.29) is 7.92 Å². The van der Waals surface area contributed by atoms with Crippen LogP contribution in [0.15, 0.2) is 48.5 Å². The molecule has 2 rings (SSSR count). The van der Waals surface area contributed by atoms with E-state index in [0.29, 0.717) is 10.3 Å². The Hall–Kier alpha value is -1.24. The second-order valence-electron chi connectivity index (χ2n) is 8.64.